The van der Waals surface area contributed by atoms with Gasteiger partial charge in [-0.25, -0.2) is 4.79 Å². The molecular formula is C23H25N3O2. The summed E-state index contributed by atoms with van der Waals surface area (Å²) < 4.78 is 5.25. The predicted octanol–water partition coefficient (Wildman–Crippen LogP) is 6.52. The number of carbonyl (C=O) groups excluding carboxylic acids is 1. The maximum atomic E-state index is 11.8. The van der Waals surface area contributed by atoms with Crippen molar-refractivity contribution in [3.8, 4) is 0 Å². The normalized spacial score (nSPS) is 10.8. The Morgan fingerprint density at radius 3 is 1.46 bits per heavy atom. The quantitative estimate of drug-likeness (QED) is 0.475. The second kappa shape index (κ2) is 8.48. The lowest BCUT2D eigenvalue weighted by Crippen LogP contribution is -2.27. The molecule has 3 rings (SSSR count). The van der Waals surface area contributed by atoms with Crippen molar-refractivity contribution >= 4 is 34.5 Å². The number of hydrogen-bond donors (Lipinski definition) is 3. The average Bonchev–Trinajstić information content (AvgIpc) is 2.64. The van der Waals surface area contributed by atoms with E-state index < -0.39 is 11.7 Å². The van der Waals surface area contributed by atoms with Gasteiger partial charge in [0.1, 0.15) is 5.60 Å². The van der Waals surface area contributed by atoms with Gasteiger partial charge in [0.25, 0.3) is 0 Å². The van der Waals surface area contributed by atoms with E-state index in [-0.39, 0.29) is 0 Å². The molecule has 0 saturated carbocycles. The van der Waals surface area contributed by atoms with Crippen molar-refractivity contribution < 1.29 is 9.53 Å². The Labute approximate surface area is 165 Å². The van der Waals surface area contributed by atoms with Crippen LogP contribution in [0.2, 0.25) is 0 Å². The van der Waals surface area contributed by atoms with Gasteiger partial charge in [0.2, 0.25) is 0 Å². The summed E-state index contributed by atoms with van der Waals surface area (Å²) in [6, 6.07) is 25.6. The highest BCUT2D eigenvalue weighted by molar-refractivity contribution is 5.85. The molecule has 5 heteroatoms. The van der Waals surface area contributed by atoms with Crippen molar-refractivity contribution in [2.75, 3.05) is 16.0 Å². The first kappa shape index (κ1) is 19.3. The summed E-state index contributed by atoms with van der Waals surface area (Å²) in [5.74, 6) is 0. The summed E-state index contributed by atoms with van der Waals surface area (Å²) in [4.78, 5) is 11.8. The standard InChI is InChI=1S/C23H25N3O2/c1-23(2,3)28-22(27)26-21-15-13-20(14-16-21)25-19-11-9-18(10-12-19)24-17-7-5-4-6-8-17/h4-16,24-25H,1-3H3,(H,26,27). The molecule has 28 heavy (non-hydrogen) atoms. The maximum absolute atomic E-state index is 11.8. The number of para-hydroxylation sites is 1. The van der Waals surface area contributed by atoms with E-state index in [0.29, 0.717) is 5.69 Å². The van der Waals surface area contributed by atoms with E-state index in [1.54, 1.807) is 0 Å². The Bertz CT molecular complexity index is 899. The summed E-state index contributed by atoms with van der Waals surface area (Å²) in [7, 11) is 0. The lowest BCUT2D eigenvalue weighted by Gasteiger charge is -2.19. The van der Waals surface area contributed by atoms with Crippen LogP contribution in [0.15, 0.2) is 78.9 Å². The second-order valence-electron chi connectivity index (χ2n) is 7.40. The molecule has 0 aliphatic carbocycles. The monoisotopic (exact) mass is 375 g/mol. The number of carbonyl (C=O) groups is 1. The highest BCUT2D eigenvalue weighted by Gasteiger charge is 2.16. The molecule has 1 amide bonds. The first-order chi connectivity index (χ1) is 13.4. The topological polar surface area (TPSA) is 62.4 Å². The fourth-order valence-electron chi connectivity index (χ4n) is 2.55. The van der Waals surface area contributed by atoms with Gasteiger partial charge in [-0.15, -0.1) is 0 Å². The first-order valence-electron chi connectivity index (χ1n) is 9.17. The third-order valence-electron chi connectivity index (χ3n) is 3.77. The minimum atomic E-state index is -0.521. The van der Waals surface area contributed by atoms with Gasteiger partial charge in [0.15, 0.2) is 0 Å². The SMILES string of the molecule is CC(C)(C)OC(=O)Nc1ccc(Nc2ccc(Nc3ccccc3)cc2)cc1. The van der Waals surface area contributed by atoms with Crippen LogP contribution in [0.3, 0.4) is 0 Å². The van der Waals surface area contributed by atoms with E-state index >= 15 is 0 Å². The van der Waals surface area contributed by atoms with Crippen LogP contribution in [0.25, 0.3) is 0 Å². The number of hydrogen-bond acceptors (Lipinski definition) is 4. The molecule has 0 unspecified atom stereocenters. The van der Waals surface area contributed by atoms with Gasteiger partial charge in [-0.1, -0.05) is 18.2 Å². The molecule has 0 aromatic heterocycles. The highest BCUT2D eigenvalue weighted by Crippen LogP contribution is 2.22. The van der Waals surface area contributed by atoms with Crippen LogP contribution >= 0.6 is 0 Å². The predicted molar refractivity (Wildman–Crippen MR) is 116 cm³/mol. The zero-order chi connectivity index (χ0) is 20.0. The van der Waals surface area contributed by atoms with Gasteiger partial charge < -0.3 is 15.4 Å². The van der Waals surface area contributed by atoms with E-state index in [4.69, 9.17) is 4.74 Å². The van der Waals surface area contributed by atoms with Crippen molar-refractivity contribution in [2.45, 2.75) is 26.4 Å². The molecule has 0 saturated heterocycles. The van der Waals surface area contributed by atoms with Crippen molar-refractivity contribution in [3.05, 3.63) is 78.9 Å². The van der Waals surface area contributed by atoms with Crippen LogP contribution in [-0.2, 0) is 4.74 Å². The van der Waals surface area contributed by atoms with Crippen LogP contribution in [0.1, 0.15) is 20.8 Å². The Morgan fingerprint density at radius 1 is 0.643 bits per heavy atom. The van der Waals surface area contributed by atoms with Gasteiger partial charge >= 0.3 is 6.09 Å². The minimum absolute atomic E-state index is 0.463. The number of nitrogens with one attached hydrogen (secondary N) is 3. The molecular weight excluding hydrogens is 350 g/mol. The van der Waals surface area contributed by atoms with Crippen LogP contribution in [0.4, 0.5) is 33.2 Å². The third-order valence-corrected chi connectivity index (χ3v) is 3.77. The van der Waals surface area contributed by atoms with Crippen molar-refractivity contribution in [1.82, 2.24) is 0 Å². The minimum Gasteiger partial charge on any atom is -0.444 e. The summed E-state index contributed by atoms with van der Waals surface area (Å²) >= 11 is 0. The molecule has 0 fully saturated rings. The number of amides is 1. The smallest absolute Gasteiger partial charge is 0.412 e. The molecule has 3 N–H and O–H groups in total. The molecule has 0 aliphatic heterocycles. The lowest BCUT2D eigenvalue weighted by atomic mass is 10.2. The molecule has 0 atom stereocenters. The van der Waals surface area contributed by atoms with Crippen molar-refractivity contribution in [1.29, 1.82) is 0 Å². The molecule has 0 spiro atoms. The largest absolute Gasteiger partial charge is 0.444 e. The van der Waals surface area contributed by atoms with Gasteiger partial charge in [-0.05, 0) is 81.4 Å². The molecule has 3 aromatic carbocycles. The number of ether oxygens (including phenoxy) is 1. The summed E-state index contributed by atoms with van der Waals surface area (Å²) in [5, 5.41) is 9.42. The van der Waals surface area contributed by atoms with E-state index in [2.05, 4.69) is 16.0 Å². The number of rotatable bonds is 5. The summed E-state index contributed by atoms with van der Waals surface area (Å²) in [5.41, 5.74) is 4.14. The van der Waals surface area contributed by atoms with E-state index in [1.807, 2.05) is 99.6 Å². The van der Waals surface area contributed by atoms with E-state index in [1.165, 1.54) is 0 Å². The average molecular weight is 375 g/mol. The van der Waals surface area contributed by atoms with Crippen LogP contribution in [-0.4, -0.2) is 11.7 Å². The van der Waals surface area contributed by atoms with Crippen molar-refractivity contribution in [3.63, 3.8) is 0 Å². The summed E-state index contributed by atoms with van der Waals surface area (Å²) in [6.07, 6.45) is -0.463. The molecule has 0 heterocycles. The number of benzene rings is 3. The van der Waals surface area contributed by atoms with Crippen LogP contribution < -0.4 is 16.0 Å². The maximum Gasteiger partial charge on any atom is 0.412 e. The summed E-state index contributed by atoms with van der Waals surface area (Å²) in [6.45, 7) is 5.50. The second-order valence-corrected chi connectivity index (χ2v) is 7.40. The first-order valence-corrected chi connectivity index (χ1v) is 9.17. The van der Waals surface area contributed by atoms with Crippen LogP contribution in [0.5, 0.6) is 0 Å². The Hall–Kier alpha value is -3.47. The molecule has 3 aromatic rings. The number of anilines is 5. The molecule has 144 valence electrons. The Morgan fingerprint density at radius 2 is 1.04 bits per heavy atom. The lowest BCUT2D eigenvalue weighted by molar-refractivity contribution is 0.0636. The van der Waals surface area contributed by atoms with E-state index in [9.17, 15) is 4.79 Å². The van der Waals surface area contributed by atoms with Crippen LogP contribution in [0, 0.1) is 0 Å². The molecule has 0 bridgehead atoms. The Balaban J connectivity index is 1.56. The van der Waals surface area contributed by atoms with Gasteiger partial charge in [0.05, 0.1) is 0 Å². The zero-order valence-electron chi connectivity index (χ0n) is 16.3. The van der Waals surface area contributed by atoms with Gasteiger partial charge in [-0.2, -0.15) is 0 Å². The fraction of sp³-hybridized carbons (Fsp3) is 0.174. The fourth-order valence-corrected chi connectivity index (χ4v) is 2.55. The molecule has 5 nitrogen and oxygen atoms in total. The van der Waals surface area contributed by atoms with Gasteiger partial charge in [0, 0.05) is 28.4 Å². The highest BCUT2D eigenvalue weighted by atomic mass is 16.6. The third kappa shape index (κ3) is 6.06. The Kier molecular flexibility index (Phi) is 5.84. The van der Waals surface area contributed by atoms with Crippen molar-refractivity contribution in [2.24, 2.45) is 0 Å². The molecule has 0 radical (unpaired) electrons. The zero-order valence-corrected chi connectivity index (χ0v) is 16.3. The molecule has 0 aliphatic rings. The van der Waals surface area contributed by atoms with E-state index in [0.717, 1.165) is 22.7 Å². The van der Waals surface area contributed by atoms with Gasteiger partial charge in [-0.3, -0.25) is 5.32 Å².